The van der Waals surface area contributed by atoms with E-state index in [0.29, 0.717) is 48.3 Å². The highest BCUT2D eigenvalue weighted by molar-refractivity contribution is 7.89. The quantitative estimate of drug-likeness (QED) is 0.551. The van der Waals surface area contributed by atoms with Gasteiger partial charge in [0.1, 0.15) is 11.4 Å². The number of ether oxygens (including phenoxy) is 1. The van der Waals surface area contributed by atoms with Gasteiger partial charge in [0, 0.05) is 61.5 Å². The number of sulfonamides is 1. The van der Waals surface area contributed by atoms with Crippen molar-refractivity contribution in [3.8, 4) is 5.75 Å². The van der Waals surface area contributed by atoms with Gasteiger partial charge in [-0.1, -0.05) is 0 Å². The van der Waals surface area contributed by atoms with Gasteiger partial charge in [-0.25, -0.2) is 13.6 Å². The highest BCUT2D eigenvalue weighted by Gasteiger charge is 2.43. The fourth-order valence-corrected chi connectivity index (χ4v) is 5.70. The number of rotatable bonds is 4. The van der Waals surface area contributed by atoms with Gasteiger partial charge in [0.25, 0.3) is 11.8 Å². The van der Waals surface area contributed by atoms with Crippen LogP contribution in [0.3, 0.4) is 0 Å². The molecular weight excluding hydrogens is 513 g/mol. The van der Waals surface area contributed by atoms with Gasteiger partial charge >= 0.3 is 6.36 Å². The SMILES string of the molecule is Cn1c(C(=O)N2CC3CN(C(=O)c4ccc(S(N)(=O)=O)cc4)CC3C2)cc2cc(OC(F)(F)F)ccc21. The monoisotopic (exact) mass is 536 g/mol. The van der Waals surface area contributed by atoms with E-state index >= 15 is 0 Å². The van der Waals surface area contributed by atoms with Crippen LogP contribution in [0.5, 0.6) is 5.75 Å². The number of hydrogen-bond donors (Lipinski definition) is 1. The number of halogens is 3. The topological polar surface area (TPSA) is 115 Å². The van der Waals surface area contributed by atoms with Gasteiger partial charge in [0.2, 0.25) is 10.0 Å². The number of nitrogens with two attached hydrogens (primary N) is 1. The van der Waals surface area contributed by atoms with E-state index in [1.807, 2.05) is 0 Å². The number of nitrogens with zero attached hydrogens (tertiary/aromatic N) is 3. The van der Waals surface area contributed by atoms with Crippen LogP contribution in [0.25, 0.3) is 10.9 Å². The molecule has 196 valence electrons. The lowest BCUT2D eigenvalue weighted by atomic mass is 10.0. The number of carbonyl (C=O) groups excluding carboxylic acids is 2. The van der Waals surface area contributed by atoms with Crippen molar-refractivity contribution in [3.63, 3.8) is 0 Å². The number of aromatic nitrogens is 1. The summed E-state index contributed by atoms with van der Waals surface area (Å²) in [5.41, 5.74) is 1.30. The lowest BCUT2D eigenvalue weighted by Gasteiger charge is -2.22. The van der Waals surface area contributed by atoms with Crippen LogP contribution in [0.15, 0.2) is 53.4 Å². The van der Waals surface area contributed by atoms with E-state index in [4.69, 9.17) is 5.14 Å². The van der Waals surface area contributed by atoms with Crippen LogP contribution in [-0.4, -0.2) is 67.1 Å². The Balaban J connectivity index is 1.26. The second-order valence-corrected chi connectivity index (χ2v) is 10.9. The molecule has 0 spiro atoms. The summed E-state index contributed by atoms with van der Waals surface area (Å²) < 4.78 is 66.2. The zero-order chi connectivity index (χ0) is 26.7. The van der Waals surface area contributed by atoms with Crippen molar-refractivity contribution in [2.45, 2.75) is 11.3 Å². The molecule has 2 saturated heterocycles. The summed E-state index contributed by atoms with van der Waals surface area (Å²) in [4.78, 5) is 29.5. The molecule has 2 amide bonds. The minimum atomic E-state index is -4.81. The third-order valence-corrected chi connectivity index (χ3v) is 7.89. The van der Waals surface area contributed by atoms with E-state index in [2.05, 4.69) is 4.74 Å². The van der Waals surface area contributed by atoms with Crippen molar-refractivity contribution >= 4 is 32.7 Å². The molecule has 0 aliphatic carbocycles. The van der Waals surface area contributed by atoms with E-state index in [0.717, 1.165) is 0 Å². The molecule has 9 nitrogen and oxygen atoms in total. The summed E-state index contributed by atoms with van der Waals surface area (Å²) in [5.74, 6) is -0.651. The molecule has 2 N–H and O–H groups in total. The maximum absolute atomic E-state index is 13.3. The number of carbonyl (C=O) groups is 2. The van der Waals surface area contributed by atoms with E-state index in [-0.39, 0.29) is 34.3 Å². The van der Waals surface area contributed by atoms with Crippen molar-refractivity contribution < 1.29 is 35.9 Å². The molecule has 0 saturated carbocycles. The zero-order valence-electron chi connectivity index (χ0n) is 19.6. The van der Waals surface area contributed by atoms with Crippen LogP contribution in [0.2, 0.25) is 0 Å². The first-order valence-electron chi connectivity index (χ1n) is 11.4. The van der Waals surface area contributed by atoms with Crippen molar-refractivity contribution in [1.82, 2.24) is 14.4 Å². The van der Waals surface area contributed by atoms with Crippen molar-refractivity contribution in [2.24, 2.45) is 24.0 Å². The molecule has 2 aliphatic rings. The molecule has 2 atom stereocenters. The average molecular weight is 537 g/mol. The standard InChI is InChI=1S/C24H23F3N4O5S/c1-29-20-7-4-18(36-24(25,26)27)8-15(20)9-21(29)23(33)31-12-16-10-30(11-17(16)13-31)22(32)14-2-5-19(6-3-14)37(28,34)35/h2-9,16-17H,10-13H2,1H3,(H2,28,34,35). The van der Waals surface area contributed by atoms with Crippen molar-refractivity contribution in [2.75, 3.05) is 26.2 Å². The first-order valence-corrected chi connectivity index (χ1v) is 12.9. The highest BCUT2D eigenvalue weighted by Crippen LogP contribution is 2.34. The number of alkyl halides is 3. The largest absolute Gasteiger partial charge is 0.573 e. The number of amides is 2. The molecular formula is C24H23F3N4O5S. The van der Waals surface area contributed by atoms with E-state index < -0.39 is 16.4 Å². The van der Waals surface area contributed by atoms with Gasteiger partial charge in [-0.2, -0.15) is 0 Å². The Hall–Kier alpha value is -3.58. The summed E-state index contributed by atoms with van der Waals surface area (Å²) in [6.07, 6.45) is -4.81. The van der Waals surface area contributed by atoms with Gasteiger partial charge in [-0.15, -0.1) is 13.2 Å². The number of hydrogen-bond acceptors (Lipinski definition) is 5. The lowest BCUT2D eigenvalue weighted by Crippen LogP contribution is -2.36. The van der Waals surface area contributed by atoms with Crippen molar-refractivity contribution in [1.29, 1.82) is 0 Å². The lowest BCUT2D eigenvalue weighted by molar-refractivity contribution is -0.274. The predicted octanol–water partition coefficient (Wildman–Crippen LogP) is 2.57. The molecule has 3 heterocycles. The molecule has 13 heteroatoms. The minimum absolute atomic E-state index is 0.0751. The molecule has 1 aromatic heterocycles. The Labute approximate surface area is 210 Å². The smallest absolute Gasteiger partial charge is 0.406 e. The first kappa shape index (κ1) is 25.1. The maximum Gasteiger partial charge on any atom is 0.573 e. The van der Waals surface area contributed by atoms with Gasteiger partial charge in [-0.05, 0) is 48.5 Å². The number of fused-ring (bicyclic) bond motifs is 2. The maximum atomic E-state index is 13.3. The first-order chi connectivity index (χ1) is 17.3. The molecule has 2 aliphatic heterocycles. The molecule has 3 aromatic rings. The van der Waals surface area contributed by atoms with Crippen LogP contribution in [0, 0.1) is 11.8 Å². The molecule has 2 aromatic carbocycles. The second kappa shape index (κ2) is 8.77. The summed E-state index contributed by atoms with van der Waals surface area (Å²) in [6, 6.07) is 10.9. The number of benzene rings is 2. The number of primary sulfonamides is 1. The van der Waals surface area contributed by atoms with Crippen LogP contribution in [0.4, 0.5) is 13.2 Å². The Morgan fingerprint density at radius 3 is 2.03 bits per heavy atom. The van der Waals surface area contributed by atoms with Gasteiger partial charge in [-0.3, -0.25) is 9.59 Å². The Morgan fingerprint density at radius 2 is 1.49 bits per heavy atom. The van der Waals surface area contributed by atoms with Crippen LogP contribution < -0.4 is 9.88 Å². The van der Waals surface area contributed by atoms with Crippen molar-refractivity contribution in [3.05, 3.63) is 59.8 Å². The highest BCUT2D eigenvalue weighted by atomic mass is 32.2. The predicted molar refractivity (Wildman–Crippen MR) is 126 cm³/mol. The summed E-state index contributed by atoms with van der Waals surface area (Å²) >= 11 is 0. The fourth-order valence-electron chi connectivity index (χ4n) is 5.19. The number of likely N-dealkylation sites (tertiary alicyclic amines) is 2. The normalized spacial score (nSPS) is 19.9. The summed E-state index contributed by atoms with van der Waals surface area (Å²) in [7, 11) is -2.17. The fraction of sp³-hybridized carbons (Fsp3) is 0.333. The Kier molecular flexibility index (Phi) is 5.94. The Bertz CT molecular complexity index is 1490. The Morgan fingerprint density at radius 1 is 0.919 bits per heavy atom. The van der Waals surface area contributed by atoms with Crippen LogP contribution in [-0.2, 0) is 17.1 Å². The van der Waals surface area contributed by atoms with Gasteiger partial charge < -0.3 is 19.1 Å². The average Bonchev–Trinajstić information content (AvgIpc) is 3.48. The molecule has 0 bridgehead atoms. The van der Waals surface area contributed by atoms with Crippen LogP contribution in [0.1, 0.15) is 20.8 Å². The minimum Gasteiger partial charge on any atom is -0.406 e. The van der Waals surface area contributed by atoms with E-state index in [1.165, 1.54) is 42.5 Å². The van der Waals surface area contributed by atoms with Gasteiger partial charge in [0.15, 0.2) is 0 Å². The third kappa shape index (κ3) is 4.88. The molecule has 2 fully saturated rings. The summed E-state index contributed by atoms with van der Waals surface area (Å²) in [5, 5.41) is 5.56. The zero-order valence-corrected chi connectivity index (χ0v) is 20.4. The summed E-state index contributed by atoms with van der Waals surface area (Å²) in [6.45, 7) is 1.80. The van der Waals surface area contributed by atoms with Crippen LogP contribution >= 0.6 is 0 Å². The second-order valence-electron chi connectivity index (χ2n) is 9.37. The molecule has 5 rings (SSSR count). The van der Waals surface area contributed by atoms with Gasteiger partial charge in [0.05, 0.1) is 4.90 Å². The van der Waals surface area contributed by atoms with E-state index in [1.54, 1.807) is 27.5 Å². The molecule has 37 heavy (non-hydrogen) atoms. The molecule has 0 radical (unpaired) electrons. The number of aryl methyl sites for hydroxylation is 1. The third-order valence-electron chi connectivity index (χ3n) is 6.96. The molecule has 2 unspecified atom stereocenters. The van der Waals surface area contributed by atoms with E-state index in [9.17, 15) is 31.2 Å².